The van der Waals surface area contributed by atoms with Crippen LogP contribution in [0.25, 0.3) is 5.69 Å². The van der Waals surface area contributed by atoms with E-state index in [0.717, 1.165) is 22.8 Å². The Morgan fingerprint density at radius 3 is 2.62 bits per heavy atom. The van der Waals surface area contributed by atoms with Crippen LogP contribution in [0.4, 0.5) is 0 Å². The zero-order valence-corrected chi connectivity index (χ0v) is 16.6. The van der Waals surface area contributed by atoms with Crippen molar-refractivity contribution in [3.63, 3.8) is 0 Å². The van der Waals surface area contributed by atoms with Gasteiger partial charge < -0.3 is 15.3 Å². The van der Waals surface area contributed by atoms with Gasteiger partial charge in [0.1, 0.15) is 18.1 Å². The van der Waals surface area contributed by atoms with Crippen molar-refractivity contribution >= 4 is 11.8 Å². The molecule has 0 amide bonds. The topological polar surface area (TPSA) is 93.0 Å². The van der Waals surface area contributed by atoms with Crippen molar-refractivity contribution in [2.75, 3.05) is 13.0 Å². The van der Waals surface area contributed by atoms with Crippen LogP contribution < -0.4 is 15.3 Å². The molecule has 0 aliphatic rings. The molecule has 0 atom stereocenters. The van der Waals surface area contributed by atoms with Gasteiger partial charge in [-0.3, -0.25) is 0 Å². The SMILES string of the molecule is COc1cccc(OCc2nnc(SCc3ccc(-n4cccn4)cc3)n2N)c1. The van der Waals surface area contributed by atoms with E-state index in [2.05, 4.69) is 27.4 Å². The van der Waals surface area contributed by atoms with E-state index < -0.39 is 0 Å². The molecule has 0 unspecified atom stereocenters. The van der Waals surface area contributed by atoms with Crippen LogP contribution in [0.3, 0.4) is 0 Å². The molecule has 2 N–H and O–H groups in total. The van der Waals surface area contributed by atoms with Gasteiger partial charge in [-0.25, -0.2) is 9.36 Å². The van der Waals surface area contributed by atoms with Crippen molar-refractivity contribution in [1.82, 2.24) is 24.7 Å². The quantitative estimate of drug-likeness (QED) is 0.354. The van der Waals surface area contributed by atoms with E-state index in [0.29, 0.717) is 16.7 Å². The van der Waals surface area contributed by atoms with Crippen LogP contribution in [-0.2, 0) is 12.4 Å². The second-order valence-electron chi connectivity index (χ2n) is 6.14. The van der Waals surface area contributed by atoms with Gasteiger partial charge in [-0.1, -0.05) is 30.0 Å². The van der Waals surface area contributed by atoms with Gasteiger partial charge in [-0.05, 0) is 35.9 Å². The Morgan fingerprint density at radius 2 is 1.86 bits per heavy atom. The minimum atomic E-state index is 0.218. The summed E-state index contributed by atoms with van der Waals surface area (Å²) in [6.07, 6.45) is 3.67. The number of hydrogen-bond acceptors (Lipinski definition) is 7. The standard InChI is InChI=1S/C20H20N6O2S/c1-27-17-4-2-5-18(12-17)28-13-19-23-24-20(26(19)21)29-14-15-6-8-16(9-7-15)25-11-3-10-22-25/h2-12H,13-14,21H2,1H3. The summed E-state index contributed by atoms with van der Waals surface area (Å²) < 4.78 is 14.2. The summed E-state index contributed by atoms with van der Waals surface area (Å²) in [5, 5.41) is 13.2. The van der Waals surface area contributed by atoms with Crippen molar-refractivity contribution in [2.45, 2.75) is 17.5 Å². The molecule has 2 aromatic heterocycles. The second kappa shape index (κ2) is 8.70. The first-order valence-electron chi connectivity index (χ1n) is 8.91. The summed E-state index contributed by atoms with van der Waals surface area (Å²) in [6, 6.07) is 17.5. The third-order valence-corrected chi connectivity index (χ3v) is 5.23. The fourth-order valence-corrected chi connectivity index (χ4v) is 3.49. The number of hydrogen-bond donors (Lipinski definition) is 1. The third-order valence-electron chi connectivity index (χ3n) is 4.22. The fourth-order valence-electron chi connectivity index (χ4n) is 2.66. The molecule has 0 spiro atoms. The zero-order chi connectivity index (χ0) is 20.1. The normalized spacial score (nSPS) is 10.8. The predicted molar refractivity (Wildman–Crippen MR) is 111 cm³/mol. The number of methoxy groups -OCH3 is 1. The molecule has 0 aliphatic carbocycles. The Hall–Kier alpha value is -3.46. The highest BCUT2D eigenvalue weighted by molar-refractivity contribution is 7.98. The van der Waals surface area contributed by atoms with Crippen LogP contribution in [0, 0.1) is 0 Å². The van der Waals surface area contributed by atoms with E-state index in [9.17, 15) is 0 Å². The molecule has 8 nitrogen and oxygen atoms in total. The van der Waals surface area contributed by atoms with Crippen LogP contribution >= 0.6 is 11.8 Å². The maximum Gasteiger partial charge on any atom is 0.210 e. The van der Waals surface area contributed by atoms with E-state index >= 15 is 0 Å². The maximum absolute atomic E-state index is 6.13. The van der Waals surface area contributed by atoms with Crippen LogP contribution in [0.2, 0.25) is 0 Å². The Bertz CT molecular complexity index is 1060. The fraction of sp³-hybridized carbons (Fsp3) is 0.150. The number of nitrogens with zero attached hydrogens (tertiary/aromatic N) is 5. The number of nitrogens with two attached hydrogens (primary N) is 1. The molecule has 2 heterocycles. The number of benzene rings is 2. The molecule has 4 rings (SSSR count). The lowest BCUT2D eigenvalue weighted by Crippen LogP contribution is -2.15. The summed E-state index contributed by atoms with van der Waals surface area (Å²) in [5.74, 6) is 8.81. The molecule has 0 fully saturated rings. The van der Waals surface area contributed by atoms with Crippen LogP contribution in [0.1, 0.15) is 11.4 Å². The Kier molecular flexibility index (Phi) is 5.66. The Morgan fingerprint density at radius 1 is 1.03 bits per heavy atom. The molecular weight excluding hydrogens is 388 g/mol. The molecule has 0 bridgehead atoms. The molecule has 0 saturated carbocycles. The maximum atomic E-state index is 6.13. The van der Waals surface area contributed by atoms with Crippen LogP contribution in [-0.4, -0.2) is 31.8 Å². The number of ether oxygens (including phenoxy) is 2. The first-order valence-corrected chi connectivity index (χ1v) is 9.89. The van der Waals surface area contributed by atoms with Gasteiger partial charge in [0.25, 0.3) is 0 Å². The van der Waals surface area contributed by atoms with Crippen molar-refractivity contribution in [3.8, 4) is 17.2 Å². The van der Waals surface area contributed by atoms with E-state index in [-0.39, 0.29) is 6.61 Å². The van der Waals surface area contributed by atoms with Crippen molar-refractivity contribution in [2.24, 2.45) is 0 Å². The highest BCUT2D eigenvalue weighted by Crippen LogP contribution is 2.23. The summed E-state index contributed by atoms with van der Waals surface area (Å²) >= 11 is 1.52. The average molecular weight is 408 g/mol. The average Bonchev–Trinajstić information content (AvgIpc) is 3.42. The molecule has 2 aromatic carbocycles. The van der Waals surface area contributed by atoms with Crippen LogP contribution in [0.5, 0.6) is 11.5 Å². The summed E-state index contributed by atoms with van der Waals surface area (Å²) in [4.78, 5) is 0. The number of rotatable bonds is 8. The third kappa shape index (κ3) is 4.52. The molecular formula is C20H20N6O2S. The van der Waals surface area contributed by atoms with Gasteiger partial charge in [0, 0.05) is 24.2 Å². The number of nitrogen functional groups attached to an aromatic ring is 1. The molecule has 0 saturated heterocycles. The number of aromatic nitrogens is 5. The lowest BCUT2D eigenvalue weighted by Gasteiger charge is -2.08. The lowest BCUT2D eigenvalue weighted by atomic mass is 10.2. The van der Waals surface area contributed by atoms with Gasteiger partial charge in [0.15, 0.2) is 5.82 Å². The molecule has 9 heteroatoms. The van der Waals surface area contributed by atoms with Gasteiger partial charge in [-0.2, -0.15) is 5.10 Å². The monoisotopic (exact) mass is 408 g/mol. The first-order chi connectivity index (χ1) is 14.2. The van der Waals surface area contributed by atoms with Crippen molar-refractivity contribution in [3.05, 3.63) is 78.4 Å². The molecule has 0 aliphatic heterocycles. The molecule has 4 aromatic rings. The van der Waals surface area contributed by atoms with E-state index in [1.165, 1.54) is 16.4 Å². The summed E-state index contributed by atoms with van der Waals surface area (Å²) in [5.41, 5.74) is 2.17. The highest BCUT2D eigenvalue weighted by Gasteiger charge is 2.11. The van der Waals surface area contributed by atoms with E-state index in [1.807, 2.05) is 47.3 Å². The van der Waals surface area contributed by atoms with Crippen molar-refractivity contribution in [1.29, 1.82) is 0 Å². The lowest BCUT2D eigenvalue weighted by molar-refractivity contribution is 0.289. The Balaban J connectivity index is 1.35. The van der Waals surface area contributed by atoms with E-state index in [1.54, 1.807) is 19.4 Å². The smallest absolute Gasteiger partial charge is 0.210 e. The number of thioether (sulfide) groups is 1. The Labute approximate surface area is 172 Å². The largest absolute Gasteiger partial charge is 0.497 e. The first kappa shape index (κ1) is 18.9. The van der Waals surface area contributed by atoms with Crippen molar-refractivity contribution < 1.29 is 9.47 Å². The second-order valence-corrected chi connectivity index (χ2v) is 7.08. The molecule has 0 radical (unpaired) electrons. The summed E-state index contributed by atoms with van der Waals surface area (Å²) in [7, 11) is 1.62. The van der Waals surface area contributed by atoms with Gasteiger partial charge in [-0.15, -0.1) is 10.2 Å². The molecule has 148 valence electrons. The highest BCUT2D eigenvalue weighted by atomic mass is 32.2. The van der Waals surface area contributed by atoms with Crippen LogP contribution in [0.15, 0.2) is 72.1 Å². The zero-order valence-electron chi connectivity index (χ0n) is 15.8. The molecule has 29 heavy (non-hydrogen) atoms. The minimum absolute atomic E-state index is 0.218. The van der Waals surface area contributed by atoms with E-state index in [4.69, 9.17) is 15.3 Å². The summed E-state index contributed by atoms with van der Waals surface area (Å²) in [6.45, 7) is 0.218. The predicted octanol–water partition coefficient (Wildman–Crippen LogP) is 3.06. The van der Waals surface area contributed by atoms with Gasteiger partial charge in [0.05, 0.1) is 12.8 Å². The van der Waals surface area contributed by atoms with Gasteiger partial charge in [0.2, 0.25) is 5.16 Å². The minimum Gasteiger partial charge on any atom is -0.497 e. The van der Waals surface area contributed by atoms with Gasteiger partial charge >= 0.3 is 0 Å².